The van der Waals surface area contributed by atoms with Crippen molar-refractivity contribution in [3.63, 3.8) is 0 Å². The van der Waals surface area contributed by atoms with Gasteiger partial charge in [-0.3, -0.25) is 4.79 Å². The highest BCUT2D eigenvalue weighted by Gasteiger charge is 2.32. The van der Waals surface area contributed by atoms with Crippen LogP contribution in [-0.2, 0) is 4.79 Å². The predicted octanol–water partition coefficient (Wildman–Crippen LogP) is 3.09. The van der Waals surface area contributed by atoms with Crippen LogP contribution in [0.3, 0.4) is 0 Å². The van der Waals surface area contributed by atoms with E-state index < -0.39 is 11.8 Å². The molecule has 82 valence electrons. The lowest BCUT2D eigenvalue weighted by atomic mass is 10.3. The lowest BCUT2D eigenvalue weighted by molar-refractivity contribution is -0.137. The Balaban J connectivity index is 2.90. The number of carbonyl (C=O) groups excluding carboxylic acids is 1. The Bertz CT molecular complexity index is 395. The number of nitrogens with one attached hydrogen (secondary N) is 1. The Morgan fingerprint density at radius 1 is 1.67 bits per heavy atom. The van der Waals surface area contributed by atoms with Crippen molar-refractivity contribution in [2.24, 2.45) is 0 Å². The summed E-state index contributed by atoms with van der Waals surface area (Å²) in [6.45, 7) is 0.508. The number of alkyl halides is 2. The summed E-state index contributed by atoms with van der Waals surface area (Å²) in [6.07, 6.45) is 1.32. The summed E-state index contributed by atoms with van der Waals surface area (Å²) < 4.78 is 25.3. The van der Waals surface area contributed by atoms with Crippen LogP contribution in [-0.4, -0.2) is 16.8 Å². The normalized spacial score (nSPS) is 11.3. The van der Waals surface area contributed by atoms with E-state index in [0.29, 0.717) is 6.92 Å². The van der Waals surface area contributed by atoms with E-state index in [1.54, 1.807) is 0 Å². The van der Waals surface area contributed by atoms with Crippen molar-refractivity contribution < 1.29 is 13.6 Å². The van der Waals surface area contributed by atoms with Gasteiger partial charge in [-0.15, -0.1) is 0 Å². The van der Waals surface area contributed by atoms with Crippen LogP contribution in [0, 0.1) is 0 Å². The third kappa shape index (κ3) is 3.39. The van der Waals surface area contributed by atoms with E-state index in [9.17, 15) is 13.6 Å². The van der Waals surface area contributed by atoms with Crippen molar-refractivity contribution in [1.29, 1.82) is 0 Å². The summed E-state index contributed by atoms with van der Waals surface area (Å²) in [5.74, 6) is -4.85. The van der Waals surface area contributed by atoms with Crippen LogP contribution in [0.4, 0.5) is 14.5 Å². The second-order valence-corrected chi connectivity index (χ2v) is 4.02. The van der Waals surface area contributed by atoms with Gasteiger partial charge >= 0.3 is 5.92 Å². The van der Waals surface area contributed by atoms with E-state index >= 15 is 0 Å². The Morgan fingerprint density at radius 3 is 2.80 bits per heavy atom. The summed E-state index contributed by atoms with van der Waals surface area (Å²) in [4.78, 5) is 14.7. The molecule has 0 spiro atoms. The minimum absolute atomic E-state index is 0.106. The summed E-state index contributed by atoms with van der Waals surface area (Å²) in [7, 11) is 0. The van der Waals surface area contributed by atoms with E-state index in [-0.39, 0.29) is 15.3 Å². The SMILES string of the molecule is CC(F)(F)C(=O)Nc1cc(Cl)cnc1Br. The first kappa shape index (κ1) is 12.3. The van der Waals surface area contributed by atoms with Crippen molar-refractivity contribution in [3.05, 3.63) is 21.9 Å². The molecule has 0 unspecified atom stereocenters. The van der Waals surface area contributed by atoms with Crippen LogP contribution in [0.25, 0.3) is 0 Å². The highest BCUT2D eigenvalue weighted by Crippen LogP contribution is 2.24. The van der Waals surface area contributed by atoms with E-state index in [1.807, 2.05) is 5.32 Å². The molecule has 1 amide bonds. The quantitative estimate of drug-likeness (QED) is 0.853. The molecule has 0 aliphatic rings. The van der Waals surface area contributed by atoms with Crippen LogP contribution < -0.4 is 5.32 Å². The number of hydrogen-bond acceptors (Lipinski definition) is 2. The van der Waals surface area contributed by atoms with Gasteiger partial charge in [0.15, 0.2) is 0 Å². The fourth-order valence-electron chi connectivity index (χ4n) is 0.742. The van der Waals surface area contributed by atoms with Gasteiger partial charge < -0.3 is 5.32 Å². The number of anilines is 1. The van der Waals surface area contributed by atoms with E-state index in [0.717, 1.165) is 0 Å². The molecule has 1 heterocycles. The predicted molar refractivity (Wildman–Crippen MR) is 56.2 cm³/mol. The Hall–Kier alpha value is -0.750. The van der Waals surface area contributed by atoms with Gasteiger partial charge in [0.2, 0.25) is 0 Å². The summed E-state index contributed by atoms with van der Waals surface area (Å²) >= 11 is 8.59. The first-order chi connectivity index (χ1) is 6.80. The van der Waals surface area contributed by atoms with Crippen molar-refractivity contribution in [2.75, 3.05) is 5.32 Å². The molecule has 0 bridgehead atoms. The zero-order valence-electron chi connectivity index (χ0n) is 7.52. The largest absolute Gasteiger partial charge is 0.322 e. The summed E-state index contributed by atoms with van der Waals surface area (Å²) in [5.41, 5.74) is 0.106. The molecule has 0 radical (unpaired) electrons. The molecule has 0 atom stereocenters. The molecule has 0 saturated carbocycles. The number of hydrogen-bond donors (Lipinski definition) is 1. The van der Waals surface area contributed by atoms with Crippen molar-refractivity contribution >= 4 is 39.1 Å². The number of pyridine rings is 1. The molecule has 0 aliphatic heterocycles. The van der Waals surface area contributed by atoms with Gasteiger partial charge in [-0.05, 0) is 22.0 Å². The number of aromatic nitrogens is 1. The fourth-order valence-corrected chi connectivity index (χ4v) is 1.22. The first-order valence-corrected chi connectivity index (χ1v) is 4.98. The van der Waals surface area contributed by atoms with E-state index in [1.165, 1.54) is 12.3 Å². The van der Waals surface area contributed by atoms with Crippen molar-refractivity contribution in [3.8, 4) is 0 Å². The molecular weight excluding hydrogens is 293 g/mol. The number of halogens is 4. The first-order valence-electron chi connectivity index (χ1n) is 3.81. The van der Waals surface area contributed by atoms with Gasteiger partial charge in [-0.1, -0.05) is 11.6 Å². The molecule has 3 nitrogen and oxygen atoms in total. The zero-order valence-corrected chi connectivity index (χ0v) is 9.86. The Labute approximate surface area is 98.0 Å². The van der Waals surface area contributed by atoms with E-state index in [2.05, 4.69) is 20.9 Å². The topological polar surface area (TPSA) is 42.0 Å². The highest BCUT2D eigenvalue weighted by atomic mass is 79.9. The van der Waals surface area contributed by atoms with Crippen LogP contribution >= 0.6 is 27.5 Å². The summed E-state index contributed by atoms with van der Waals surface area (Å²) in [5, 5.41) is 2.25. The molecule has 1 aromatic heterocycles. The fraction of sp³-hybridized carbons (Fsp3) is 0.250. The summed E-state index contributed by atoms with van der Waals surface area (Å²) in [6, 6.07) is 1.32. The smallest absolute Gasteiger partial charge is 0.318 e. The number of rotatable bonds is 2. The van der Waals surface area contributed by atoms with E-state index in [4.69, 9.17) is 11.6 Å². The zero-order chi connectivity index (χ0) is 11.6. The minimum Gasteiger partial charge on any atom is -0.318 e. The highest BCUT2D eigenvalue weighted by molar-refractivity contribution is 9.10. The van der Waals surface area contributed by atoms with Crippen molar-refractivity contribution in [2.45, 2.75) is 12.8 Å². The molecule has 1 rings (SSSR count). The third-order valence-electron chi connectivity index (χ3n) is 1.45. The lowest BCUT2D eigenvalue weighted by Gasteiger charge is -2.11. The molecule has 7 heteroatoms. The molecule has 15 heavy (non-hydrogen) atoms. The maximum Gasteiger partial charge on any atom is 0.322 e. The molecule has 0 saturated heterocycles. The molecular formula is C8H6BrClF2N2O. The Kier molecular flexibility index (Phi) is 3.62. The second-order valence-electron chi connectivity index (χ2n) is 2.83. The van der Waals surface area contributed by atoms with Crippen LogP contribution in [0.2, 0.25) is 5.02 Å². The van der Waals surface area contributed by atoms with Crippen LogP contribution in [0.1, 0.15) is 6.92 Å². The van der Waals surface area contributed by atoms with Gasteiger partial charge in [0, 0.05) is 13.1 Å². The molecule has 0 aliphatic carbocycles. The van der Waals surface area contributed by atoms with Gasteiger partial charge in [0.1, 0.15) is 4.60 Å². The maximum absolute atomic E-state index is 12.6. The number of carbonyl (C=O) groups is 1. The van der Waals surface area contributed by atoms with Gasteiger partial charge in [0.25, 0.3) is 5.91 Å². The molecule has 1 N–H and O–H groups in total. The molecule has 1 aromatic rings. The van der Waals surface area contributed by atoms with Gasteiger partial charge in [-0.25, -0.2) is 4.98 Å². The maximum atomic E-state index is 12.6. The molecule has 0 fully saturated rings. The molecule has 0 aromatic carbocycles. The third-order valence-corrected chi connectivity index (χ3v) is 2.29. The van der Waals surface area contributed by atoms with Crippen LogP contribution in [0.15, 0.2) is 16.9 Å². The van der Waals surface area contributed by atoms with Crippen molar-refractivity contribution in [1.82, 2.24) is 4.98 Å². The second kappa shape index (κ2) is 4.40. The average Bonchev–Trinajstić information content (AvgIpc) is 2.09. The number of nitrogens with zero attached hydrogens (tertiary/aromatic N) is 1. The standard InChI is InChI=1S/C8H6BrClF2N2O/c1-8(11,12)7(15)14-5-2-4(10)3-13-6(5)9/h2-3H,1H3,(H,14,15). The lowest BCUT2D eigenvalue weighted by Crippen LogP contribution is -2.31. The Morgan fingerprint density at radius 2 is 2.27 bits per heavy atom. The van der Waals surface area contributed by atoms with Crippen LogP contribution in [0.5, 0.6) is 0 Å². The van der Waals surface area contributed by atoms with Gasteiger partial charge in [-0.2, -0.15) is 8.78 Å². The average molecular weight is 300 g/mol. The minimum atomic E-state index is -3.44. The number of amides is 1. The monoisotopic (exact) mass is 298 g/mol. The van der Waals surface area contributed by atoms with Gasteiger partial charge in [0.05, 0.1) is 10.7 Å².